The molecule has 1 saturated carbocycles. The van der Waals surface area contributed by atoms with Crippen LogP contribution in [-0.4, -0.2) is 86.3 Å². The molecule has 2 aliphatic heterocycles. The largest absolute Gasteiger partial charge is 0.379 e. The smallest absolute Gasteiger partial charge is 0.234 e. The van der Waals surface area contributed by atoms with E-state index in [9.17, 15) is 4.79 Å². The number of ether oxygens (including phenoxy) is 1. The average molecular weight is 338 g/mol. The number of hydrogen-bond acceptors (Lipinski definition) is 5. The Balaban J connectivity index is 1.53. The van der Waals surface area contributed by atoms with Gasteiger partial charge in [0.25, 0.3) is 0 Å². The monoisotopic (exact) mass is 338 g/mol. The Morgan fingerprint density at radius 1 is 1.21 bits per heavy atom. The van der Waals surface area contributed by atoms with Gasteiger partial charge in [-0.2, -0.15) is 0 Å². The minimum Gasteiger partial charge on any atom is -0.379 e. The highest BCUT2D eigenvalue weighted by molar-refractivity contribution is 5.78. The zero-order valence-corrected chi connectivity index (χ0v) is 15.2. The maximum absolute atomic E-state index is 12.5. The zero-order chi connectivity index (χ0) is 16.8. The first-order valence-corrected chi connectivity index (χ1v) is 9.74. The highest BCUT2D eigenvalue weighted by atomic mass is 16.5. The summed E-state index contributed by atoms with van der Waals surface area (Å²) in [6, 6.07) is 0.437. The normalized spacial score (nSPS) is 29.3. The number of amides is 1. The summed E-state index contributed by atoms with van der Waals surface area (Å²) in [4.78, 5) is 17.4. The van der Waals surface area contributed by atoms with Crippen molar-refractivity contribution < 1.29 is 9.53 Å². The van der Waals surface area contributed by atoms with E-state index in [1.165, 1.54) is 32.1 Å². The molecule has 2 N–H and O–H groups in total. The molecule has 0 aromatic carbocycles. The minimum absolute atomic E-state index is 0.159. The second-order valence-electron chi connectivity index (χ2n) is 7.68. The molecule has 3 aliphatic rings. The fourth-order valence-electron chi connectivity index (χ4n) is 4.47. The van der Waals surface area contributed by atoms with E-state index in [-0.39, 0.29) is 11.4 Å². The molecule has 6 nitrogen and oxygen atoms in total. The molecule has 1 amide bonds. The van der Waals surface area contributed by atoms with Gasteiger partial charge in [0.15, 0.2) is 0 Å². The Bertz CT molecular complexity index is 406. The van der Waals surface area contributed by atoms with E-state index in [2.05, 4.69) is 27.4 Å². The summed E-state index contributed by atoms with van der Waals surface area (Å²) >= 11 is 0. The van der Waals surface area contributed by atoms with E-state index in [1.54, 1.807) is 0 Å². The van der Waals surface area contributed by atoms with E-state index in [0.717, 1.165) is 52.5 Å². The standard InChI is InChI=1S/C18H34N4O2/c1-16-13-19-7-8-21(16)14-17(23)20-15-18(5-3-2-4-6-18)22-9-11-24-12-10-22/h16,19H,2-15H2,1H3,(H,20,23)/t16-/m1/s1. The molecular formula is C18H34N4O2. The molecule has 0 spiro atoms. The molecular weight excluding hydrogens is 304 g/mol. The minimum atomic E-state index is 0.159. The maximum atomic E-state index is 12.5. The fraction of sp³-hybridized carbons (Fsp3) is 0.944. The lowest BCUT2D eigenvalue weighted by Crippen LogP contribution is -2.60. The molecule has 0 aromatic rings. The topological polar surface area (TPSA) is 56.8 Å². The molecule has 0 aromatic heterocycles. The van der Waals surface area contributed by atoms with Crippen molar-refractivity contribution in [2.24, 2.45) is 0 Å². The van der Waals surface area contributed by atoms with Crippen LogP contribution >= 0.6 is 0 Å². The first-order chi connectivity index (χ1) is 11.7. The zero-order valence-electron chi connectivity index (χ0n) is 15.2. The third-order valence-electron chi connectivity index (χ3n) is 6.07. The SMILES string of the molecule is C[C@@H]1CNCCN1CC(=O)NCC1(N2CCOCC2)CCCCC1. The summed E-state index contributed by atoms with van der Waals surface area (Å²) in [5.41, 5.74) is 0.159. The van der Waals surface area contributed by atoms with E-state index >= 15 is 0 Å². The number of rotatable bonds is 5. The van der Waals surface area contributed by atoms with Crippen molar-refractivity contribution >= 4 is 5.91 Å². The molecule has 3 rings (SSSR count). The van der Waals surface area contributed by atoms with Crippen LogP contribution in [0.1, 0.15) is 39.0 Å². The Hall–Kier alpha value is -0.690. The predicted molar refractivity (Wildman–Crippen MR) is 95.1 cm³/mol. The van der Waals surface area contributed by atoms with Gasteiger partial charge in [0, 0.05) is 50.8 Å². The van der Waals surface area contributed by atoms with E-state index in [4.69, 9.17) is 4.74 Å². The van der Waals surface area contributed by atoms with Gasteiger partial charge < -0.3 is 15.4 Å². The van der Waals surface area contributed by atoms with Crippen LogP contribution in [-0.2, 0) is 9.53 Å². The number of nitrogens with one attached hydrogen (secondary N) is 2. The quantitative estimate of drug-likeness (QED) is 0.761. The summed E-state index contributed by atoms with van der Waals surface area (Å²) in [6.07, 6.45) is 6.30. The van der Waals surface area contributed by atoms with Crippen molar-refractivity contribution in [3.8, 4) is 0 Å². The lowest BCUT2D eigenvalue weighted by atomic mass is 9.79. The van der Waals surface area contributed by atoms with Crippen LogP contribution in [0.3, 0.4) is 0 Å². The summed E-state index contributed by atoms with van der Waals surface area (Å²) in [7, 11) is 0. The van der Waals surface area contributed by atoms with Crippen LogP contribution in [0, 0.1) is 0 Å². The summed E-state index contributed by atoms with van der Waals surface area (Å²) in [5, 5.41) is 6.65. The number of piperazine rings is 1. The highest BCUT2D eigenvalue weighted by Gasteiger charge is 2.38. The molecule has 1 aliphatic carbocycles. The highest BCUT2D eigenvalue weighted by Crippen LogP contribution is 2.33. The van der Waals surface area contributed by atoms with Crippen molar-refractivity contribution in [1.82, 2.24) is 20.4 Å². The number of carbonyl (C=O) groups excluding carboxylic acids is 1. The van der Waals surface area contributed by atoms with Gasteiger partial charge in [0.1, 0.15) is 0 Å². The number of hydrogen-bond donors (Lipinski definition) is 2. The second-order valence-corrected chi connectivity index (χ2v) is 7.68. The summed E-state index contributed by atoms with van der Waals surface area (Å²) < 4.78 is 5.53. The fourth-order valence-corrected chi connectivity index (χ4v) is 4.47. The Morgan fingerprint density at radius 2 is 1.96 bits per heavy atom. The van der Waals surface area contributed by atoms with Crippen LogP contribution in [0.4, 0.5) is 0 Å². The van der Waals surface area contributed by atoms with Crippen LogP contribution in [0.25, 0.3) is 0 Å². The van der Waals surface area contributed by atoms with Gasteiger partial charge in [-0.25, -0.2) is 0 Å². The van der Waals surface area contributed by atoms with Crippen molar-refractivity contribution in [1.29, 1.82) is 0 Å². The van der Waals surface area contributed by atoms with Crippen LogP contribution in [0.2, 0.25) is 0 Å². The molecule has 2 heterocycles. The van der Waals surface area contributed by atoms with E-state index < -0.39 is 0 Å². The van der Waals surface area contributed by atoms with Gasteiger partial charge in [-0.3, -0.25) is 14.6 Å². The van der Waals surface area contributed by atoms with E-state index in [1.807, 2.05) is 0 Å². The molecule has 6 heteroatoms. The van der Waals surface area contributed by atoms with Crippen molar-refractivity contribution in [3.63, 3.8) is 0 Å². The number of nitrogens with zero attached hydrogens (tertiary/aromatic N) is 2. The predicted octanol–water partition coefficient (Wildman–Crippen LogP) is 0.431. The Kier molecular flexibility index (Phi) is 6.49. The van der Waals surface area contributed by atoms with Crippen molar-refractivity contribution in [3.05, 3.63) is 0 Å². The third kappa shape index (κ3) is 4.48. The van der Waals surface area contributed by atoms with Crippen molar-refractivity contribution in [2.45, 2.75) is 50.6 Å². The molecule has 138 valence electrons. The molecule has 24 heavy (non-hydrogen) atoms. The van der Waals surface area contributed by atoms with Crippen LogP contribution < -0.4 is 10.6 Å². The Morgan fingerprint density at radius 3 is 2.67 bits per heavy atom. The Labute approximate surface area is 146 Å². The number of carbonyl (C=O) groups is 1. The van der Waals surface area contributed by atoms with Gasteiger partial charge in [-0.15, -0.1) is 0 Å². The summed E-state index contributed by atoms with van der Waals surface area (Å²) in [6.45, 7) is 10.1. The maximum Gasteiger partial charge on any atom is 0.234 e. The van der Waals surface area contributed by atoms with Crippen molar-refractivity contribution in [2.75, 3.05) is 59.0 Å². The van der Waals surface area contributed by atoms with Gasteiger partial charge in [0.2, 0.25) is 5.91 Å². The molecule has 1 atom stereocenters. The van der Waals surface area contributed by atoms with Gasteiger partial charge in [-0.1, -0.05) is 19.3 Å². The lowest BCUT2D eigenvalue weighted by molar-refractivity contribution is -0.124. The number of morpholine rings is 1. The van der Waals surface area contributed by atoms with Crippen LogP contribution in [0.5, 0.6) is 0 Å². The molecule has 0 unspecified atom stereocenters. The molecule has 2 saturated heterocycles. The molecule has 0 bridgehead atoms. The van der Waals surface area contributed by atoms with Gasteiger partial charge >= 0.3 is 0 Å². The van der Waals surface area contributed by atoms with Gasteiger partial charge in [0.05, 0.1) is 19.8 Å². The first-order valence-electron chi connectivity index (χ1n) is 9.74. The summed E-state index contributed by atoms with van der Waals surface area (Å²) in [5.74, 6) is 0.182. The average Bonchev–Trinajstić information content (AvgIpc) is 2.63. The molecule has 3 fully saturated rings. The second kappa shape index (κ2) is 8.61. The molecule has 0 radical (unpaired) electrons. The van der Waals surface area contributed by atoms with Gasteiger partial charge in [-0.05, 0) is 19.8 Å². The third-order valence-corrected chi connectivity index (χ3v) is 6.07. The first kappa shape index (κ1) is 18.1. The van der Waals surface area contributed by atoms with Crippen LogP contribution in [0.15, 0.2) is 0 Å². The van der Waals surface area contributed by atoms with E-state index in [0.29, 0.717) is 12.6 Å². The lowest BCUT2D eigenvalue weighted by Gasteiger charge is -2.48.